The van der Waals surface area contributed by atoms with Gasteiger partial charge in [-0.2, -0.15) is 0 Å². The molecular weight excluding hydrogens is 264 g/mol. The SMILES string of the molecule is CCN(CC)CCCNC1CCc2sc(Cl)cc21. The lowest BCUT2D eigenvalue weighted by atomic mass is 10.2. The standard InChI is InChI=1S/C14H23ClN2S/c1-3-17(4-2)9-5-8-16-12-6-7-13-11(12)10-14(15)18-13/h10,12,16H,3-9H2,1-2H3. The van der Waals surface area contributed by atoms with E-state index in [-0.39, 0.29) is 0 Å². The predicted octanol–water partition coefficient (Wildman–Crippen LogP) is 3.71. The third-order valence-corrected chi connectivity index (χ3v) is 5.12. The Labute approximate surface area is 119 Å². The van der Waals surface area contributed by atoms with Crippen molar-refractivity contribution in [3.63, 3.8) is 0 Å². The third-order valence-electron chi connectivity index (χ3n) is 3.78. The number of aryl methyl sites for hydroxylation is 1. The zero-order valence-corrected chi connectivity index (χ0v) is 12.9. The summed E-state index contributed by atoms with van der Waals surface area (Å²) in [6, 6.07) is 2.69. The van der Waals surface area contributed by atoms with E-state index in [2.05, 4.69) is 30.1 Å². The summed E-state index contributed by atoms with van der Waals surface area (Å²) in [7, 11) is 0. The molecule has 1 atom stereocenters. The molecular formula is C14H23ClN2S. The fourth-order valence-corrected chi connectivity index (χ4v) is 4.02. The van der Waals surface area contributed by atoms with Crippen molar-refractivity contribution in [2.75, 3.05) is 26.2 Å². The molecule has 0 saturated heterocycles. The lowest BCUT2D eigenvalue weighted by Gasteiger charge is -2.19. The van der Waals surface area contributed by atoms with Crippen molar-refractivity contribution in [1.29, 1.82) is 0 Å². The average molecular weight is 287 g/mol. The Morgan fingerprint density at radius 1 is 1.44 bits per heavy atom. The van der Waals surface area contributed by atoms with E-state index in [1.165, 1.54) is 36.2 Å². The Morgan fingerprint density at radius 3 is 2.94 bits per heavy atom. The smallest absolute Gasteiger partial charge is 0.0934 e. The van der Waals surface area contributed by atoms with Crippen LogP contribution < -0.4 is 5.32 Å². The monoisotopic (exact) mass is 286 g/mol. The molecule has 1 heterocycles. The molecule has 0 aromatic carbocycles. The summed E-state index contributed by atoms with van der Waals surface area (Å²) in [6.07, 6.45) is 3.66. The molecule has 4 heteroatoms. The number of fused-ring (bicyclic) bond motifs is 1. The number of nitrogens with zero attached hydrogens (tertiary/aromatic N) is 1. The van der Waals surface area contributed by atoms with E-state index in [1.807, 2.05) is 0 Å². The molecule has 0 radical (unpaired) electrons. The first-order valence-electron chi connectivity index (χ1n) is 6.98. The van der Waals surface area contributed by atoms with Crippen LogP contribution in [-0.4, -0.2) is 31.1 Å². The summed E-state index contributed by atoms with van der Waals surface area (Å²) < 4.78 is 0.939. The van der Waals surface area contributed by atoms with Gasteiger partial charge in [0.25, 0.3) is 0 Å². The van der Waals surface area contributed by atoms with E-state index in [0.717, 1.165) is 24.0 Å². The molecule has 0 fully saturated rings. The molecule has 102 valence electrons. The Kier molecular flexibility index (Phi) is 5.49. The van der Waals surface area contributed by atoms with Gasteiger partial charge in [0.1, 0.15) is 0 Å². The molecule has 2 rings (SSSR count). The van der Waals surface area contributed by atoms with Crippen LogP contribution in [0.2, 0.25) is 4.34 Å². The molecule has 2 nitrogen and oxygen atoms in total. The normalized spacial score (nSPS) is 18.6. The summed E-state index contributed by atoms with van der Waals surface area (Å²) in [4.78, 5) is 3.96. The zero-order chi connectivity index (χ0) is 13.0. The first-order valence-corrected chi connectivity index (χ1v) is 8.17. The minimum atomic E-state index is 0.542. The van der Waals surface area contributed by atoms with Gasteiger partial charge in [0.2, 0.25) is 0 Å². The molecule has 0 aliphatic heterocycles. The Morgan fingerprint density at radius 2 is 2.22 bits per heavy atom. The van der Waals surface area contributed by atoms with E-state index in [9.17, 15) is 0 Å². The van der Waals surface area contributed by atoms with Gasteiger partial charge in [-0.15, -0.1) is 11.3 Å². The highest BCUT2D eigenvalue weighted by molar-refractivity contribution is 7.16. The molecule has 1 unspecified atom stereocenters. The number of thiophene rings is 1. The maximum Gasteiger partial charge on any atom is 0.0934 e. The maximum atomic E-state index is 6.07. The molecule has 1 aliphatic rings. The highest BCUT2D eigenvalue weighted by Gasteiger charge is 2.24. The third kappa shape index (κ3) is 3.47. The van der Waals surface area contributed by atoms with Crippen molar-refractivity contribution >= 4 is 22.9 Å². The van der Waals surface area contributed by atoms with Crippen molar-refractivity contribution in [1.82, 2.24) is 10.2 Å². The predicted molar refractivity (Wildman–Crippen MR) is 80.8 cm³/mol. The van der Waals surface area contributed by atoms with Crippen LogP contribution in [0.5, 0.6) is 0 Å². The van der Waals surface area contributed by atoms with Crippen molar-refractivity contribution in [3.8, 4) is 0 Å². The summed E-state index contributed by atoms with van der Waals surface area (Å²) in [6.45, 7) is 9.08. The van der Waals surface area contributed by atoms with Gasteiger partial charge >= 0.3 is 0 Å². The van der Waals surface area contributed by atoms with Crippen LogP contribution >= 0.6 is 22.9 Å². The van der Waals surface area contributed by atoms with Gasteiger partial charge in [-0.3, -0.25) is 0 Å². The highest BCUT2D eigenvalue weighted by Crippen LogP contribution is 2.39. The van der Waals surface area contributed by atoms with Gasteiger partial charge in [0, 0.05) is 10.9 Å². The Bertz CT molecular complexity index is 374. The molecule has 1 aromatic rings. The van der Waals surface area contributed by atoms with Crippen LogP contribution in [0, 0.1) is 0 Å². The van der Waals surface area contributed by atoms with E-state index in [0.29, 0.717) is 6.04 Å². The molecule has 0 amide bonds. The Hall–Kier alpha value is -0.0900. The van der Waals surface area contributed by atoms with E-state index < -0.39 is 0 Å². The van der Waals surface area contributed by atoms with Crippen molar-refractivity contribution in [3.05, 3.63) is 20.8 Å². The fraction of sp³-hybridized carbons (Fsp3) is 0.714. The second-order valence-corrected chi connectivity index (χ2v) is 6.62. The highest BCUT2D eigenvalue weighted by atomic mass is 35.5. The summed E-state index contributed by atoms with van der Waals surface area (Å²) >= 11 is 7.82. The van der Waals surface area contributed by atoms with E-state index in [1.54, 1.807) is 11.3 Å². The van der Waals surface area contributed by atoms with Gasteiger partial charge in [0.15, 0.2) is 0 Å². The quantitative estimate of drug-likeness (QED) is 0.769. The molecule has 0 saturated carbocycles. The van der Waals surface area contributed by atoms with Gasteiger partial charge in [-0.25, -0.2) is 0 Å². The maximum absolute atomic E-state index is 6.07. The van der Waals surface area contributed by atoms with Crippen LogP contribution in [0.1, 0.15) is 43.2 Å². The molecule has 0 spiro atoms. The first-order chi connectivity index (χ1) is 8.74. The lowest BCUT2D eigenvalue weighted by Crippen LogP contribution is -2.28. The molecule has 18 heavy (non-hydrogen) atoms. The second-order valence-electron chi connectivity index (χ2n) is 4.85. The molecule has 0 bridgehead atoms. The van der Waals surface area contributed by atoms with Crippen LogP contribution in [0.25, 0.3) is 0 Å². The summed E-state index contributed by atoms with van der Waals surface area (Å²) in [5.74, 6) is 0. The van der Waals surface area contributed by atoms with Crippen molar-refractivity contribution in [2.45, 2.75) is 39.2 Å². The van der Waals surface area contributed by atoms with E-state index >= 15 is 0 Å². The van der Waals surface area contributed by atoms with Crippen LogP contribution in [0.4, 0.5) is 0 Å². The first kappa shape index (κ1) is 14.3. The molecule has 1 aromatic heterocycles. The minimum Gasteiger partial charge on any atom is -0.310 e. The van der Waals surface area contributed by atoms with Crippen LogP contribution in [0.15, 0.2) is 6.07 Å². The van der Waals surface area contributed by atoms with Gasteiger partial charge in [-0.1, -0.05) is 25.4 Å². The van der Waals surface area contributed by atoms with Crippen molar-refractivity contribution in [2.24, 2.45) is 0 Å². The number of hydrogen-bond acceptors (Lipinski definition) is 3. The topological polar surface area (TPSA) is 15.3 Å². The number of rotatable bonds is 7. The van der Waals surface area contributed by atoms with Gasteiger partial charge in [-0.05, 0) is 57.1 Å². The van der Waals surface area contributed by atoms with Gasteiger partial charge < -0.3 is 10.2 Å². The number of halogens is 1. The minimum absolute atomic E-state index is 0.542. The van der Waals surface area contributed by atoms with E-state index in [4.69, 9.17) is 11.6 Å². The van der Waals surface area contributed by atoms with Crippen LogP contribution in [-0.2, 0) is 6.42 Å². The average Bonchev–Trinajstić information content (AvgIpc) is 2.89. The lowest BCUT2D eigenvalue weighted by molar-refractivity contribution is 0.295. The summed E-state index contributed by atoms with van der Waals surface area (Å²) in [5.41, 5.74) is 1.45. The number of nitrogens with one attached hydrogen (secondary N) is 1. The second kappa shape index (κ2) is 6.90. The van der Waals surface area contributed by atoms with Crippen LogP contribution in [0.3, 0.4) is 0 Å². The van der Waals surface area contributed by atoms with Gasteiger partial charge in [0.05, 0.1) is 4.34 Å². The molecule has 1 N–H and O–H groups in total. The Balaban J connectivity index is 1.72. The van der Waals surface area contributed by atoms with Crippen molar-refractivity contribution < 1.29 is 0 Å². The molecule has 1 aliphatic carbocycles. The summed E-state index contributed by atoms with van der Waals surface area (Å²) in [5, 5.41) is 3.68. The fourth-order valence-electron chi connectivity index (χ4n) is 2.66. The zero-order valence-electron chi connectivity index (χ0n) is 11.3. The number of hydrogen-bond donors (Lipinski definition) is 1. The largest absolute Gasteiger partial charge is 0.310 e.